The first-order valence-electron chi connectivity index (χ1n) is 11.4. The predicted molar refractivity (Wildman–Crippen MR) is 137 cm³/mol. The van der Waals surface area contributed by atoms with E-state index in [1.54, 1.807) is 49.7 Å². The van der Waals surface area contributed by atoms with Crippen LogP contribution in [0.3, 0.4) is 0 Å². The van der Waals surface area contributed by atoms with E-state index in [1.807, 2.05) is 13.8 Å². The number of anilines is 2. The fourth-order valence-corrected chi connectivity index (χ4v) is 3.67. The maximum atomic E-state index is 6.35. The summed E-state index contributed by atoms with van der Waals surface area (Å²) in [6.07, 6.45) is 4.72. The van der Waals surface area contributed by atoms with Gasteiger partial charge in [0.25, 0.3) is 11.9 Å². The highest BCUT2D eigenvalue weighted by Crippen LogP contribution is 2.32. The summed E-state index contributed by atoms with van der Waals surface area (Å²) < 4.78 is 5.94. The average Bonchev–Trinajstić information content (AvgIpc) is 3.57. The number of aromatic nitrogens is 11. The molecule has 0 amide bonds. The second-order valence-corrected chi connectivity index (χ2v) is 8.50. The van der Waals surface area contributed by atoms with Crippen LogP contribution in [0.2, 0.25) is 0 Å². The Bertz CT molecular complexity index is 1550. The van der Waals surface area contributed by atoms with Crippen molar-refractivity contribution in [3.8, 4) is 11.9 Å². The highest BCUT2D eigenvalue weighted by atomic mass is 15.4. The van der Waals surface area contributed by atoms with Crippen molar-refractivity contribution in [3.05, 3.63) is 41.2 Å². The lowest BCUT2D eigenvalue weighted by Gasteiger charge is -2.05. The molecule has 5 aromatic rings. The molecule has 0 unspecified atom stereocenters. The predicted octanol–water partition coefficient (Wildman–Crippen LogP) is 2.94. The number of nitrogens with two attached hydrogens (primary N) is 2. The summed E-state index contributed by atoms with van der Waals surface area (Å²) >= 11 is 0. The Morgan fingerprint density at radius 2 is 1.08 bits per heavy atom. The summed E-state index contributed by atoms with van der Waals surface area (Å²) in [7, 11) is 3.56. The largest absolute Gasteiger partial charge is 0.382 e. The first-order chi connectivity index (χ1) is 18.2. The molecule has 5 aromatic heterocycles. The summed E-state index contributed by atoms with van der Waals surface area (Å²) in [6.45, 7) is 7.30. The van der Waals surface area contributed by atoms with E-state index in [2.05, 4.69) is 55.8 Å². The second-order valence-electron chi connectivity index (χ2n) is 8.50. The zero-order valence-electron chi connectivity index (χ0n) is 21.6. The molecule has 5 rings (SSSR count). The normalized spacial score (nSPS) is 11.9. The average molecular weight is 516 g/mol. The molecule has 0 atom stereocenters. The summed E-state index contributed by atoms with van der Waals surface area (Å²) in [5, 5.41) is 34.4. The third kappa shape index (κ3) is 4.14. The molecule has 194 valence electrons. The SMILES string of the molecule is Cc1cnn(C)c1N=Nc1c(C)nn(-c2ncnc(-n3nc(C)c(N=Nc4c(C)cnn4C)c3N)n2)c1N. The standard InChI is InChI=1S/C21H25N17/c1-10-7-26-35(5)18(10)31-29-14-12(3)33-37(16(14)22)20-24-9-25-21(28-20)38-17(23)15(13(4)34-38)30-32-19-11(2)8-27-36(19)6/h7-9H,22-23H2,1-6H3. The van der Waals surface area contributed by atoms with E-state index >= 15 is 0 Å². The zero-order valence-corrected chi connectivity index (χ0v) is 21.6. The Morgan fingerprint density at radius 3 is 1.45 bits per heavy atom. The quantitative estimate of drug-likeness (QED) is 0.318. The minimum atomic E-state index is 0.148. The van der Waals surface area contributed by atoms with Crippen molar-refractivity contribution >= 4 is 34.6 Å². The number of aryl methyl sites for hydroxylation is 6. The van der Waals surface area contributed by atoms with Crippen LogP contribution in [0.5, 0.6) is 0 Å². The molecular weight excluding hydrogens is 490 g/mol. The number of nitrogens with zero attached hydrogens (tertiary/aromatic N) is 15. The van der Waals surface area contributed by atoms with Crippen molar-refractivity contribution in [1.29, 1.82) is 0 Å². The third-order valence-electron chi connectivity index (χ3n) is 5.71. The lowest BCUT2D eigenvalue weighted by Crippen LogP contribution is -2.12. The number of hydrogen-bond donors (Lipinski definition) is 2. The molecule has 0 spiro atoms. The molecule has 0 aliphatic rings. The van der Waals surface area contributed by atoms with Gasteiger partial charge in [0, 0.05) is 25.2 Å². The molecule has 38 heavy (non-hydrogen) atoms. The Kier molecular flexibility index (Phi) is 5.94. The number of azo groups is 2. The monoisotopic (exact) mass is 515 g/mol. The minimum Gasteiger partial charge on any atom is -0.382 e. The van der Waals surface area contributed by atoms with Crippen LogP contribution < -0.4 is 11.5 Å². The van der Waals surface area contributed by atoms with Crippen LogP contribution in [0.15, 0.2) is 39.2 Å². The second kappa shape index (κ2) is 9.26. The van der Waals surface area contributed by atoms with Gasteiger partial charge >= 0.3 is 0 Å². The van der Waals surface area contributed by atoms with E-state index < -0.39 is 0 Å². The first kappa shape index (κ1) is 24.3. The summed E-state index contributed by atoms with van der Waals surface area (Å²) in [6, 6.07) is 0. The van der Waals surface area contributed by atoms with Crippen molar-refractivity contribution in [2.24, 2.45) is 34.6 Å². The van der Waals surface area contributed by atoms with Gasteiger partial charge in [0.05, 0.1) is 23.8 Å². The molecule has 0 aliphatic carbocycles. The molecule has 0 saturated heterocycles. The van der Waals surface area contributed by atoms with Crippen molar-refractivity contribution in [3.63, 3.8) is 0 Å². The Balaban J connectivity index is 1.48. The van der Waals surface area contributed by atoms with E-state index in [0.29, 0.717) is 34.4 Å². The van der Waals surface area contributed by atoms with Crippen molar-refractivity contribution < 1.29 is 0 Å². The van der Waals surface area contributed by atoms with Gasteiger partial charge in [-0.3, -0.25) is 0 Å². The molecule has 0 radical (unpaired) electrons. The van der Waals surface area contributed by atoms with Crippen LogP contribution in [-0.2, 0) is 14.1 Å². The van der Waals surface area contributed by atoms with E-state index in [9.17, 15) is 0 Å². The minimum absolute atomic E-state index is 0.148. The lowest BCUT2D eigenvalue weighted by atomic mass is 10.4. The van der Waals surface area contributed by atoms with Crippen LogP contribution >= 0.6 is 0 Å². The lowest BCUT2D eigenvalue weighted by molar-refractivity contribution is 0.744. The van der Waals surface area contributed by atoms with E-state index in [4.69, 9.17) is 11.5 Å². The molecule has 4 N–H and O–H groups in total. The van der Waals surface area contributed by atoms with Gasteiger partial charge in [0.1, 0.15) is 6.33 Å². The van der Waals surface area contributed by atoms with Gasteiger partial charge in [-0.15, -0.1) is 20.5 Å². The molecule has 0 saturated carbocycles. The Morgan fingerprint density at radius 1 is 0.658 bits per heavy atom. The Labute approximate surface area is 216 Å². The number of rotatable bonds is 6. The highest BCUT2D eigenvalue weighted by Gasteiger charge is 2.20. The fourth-order valence-electron chi connectivity index (χ4n) is 3.67. The smallest absolute Gasteiger partial charge is 0.257 e. The van der Waals surface area contributed by atoms with Gasteiger partial charge in [0.2, 0.25) is 0 Å². The van der Waals surface area contributed by atoms with Crippen LogP contribution in [0.1, 0.15) is 22.5 Å². The molecule has 0 aliphatic heterocycles. The molecule has 0 fully saturated rings. The van der Waals surface area contributed by atoms with Gasteiger partial charge in [-0.2, -0.15) is 44.7 Å². The third-order valence-corrected chi connectivity index (χ3v) is 5.71. The fraction of sp³-hybridized carbons (Fsp3) is 0.286. The molecule has 0 bridgehead atoms. The summed E-state index contributed by atoms with van der Waals surface area (Å²) in [5.74, 6) is 1.91. The number of hydrogen-bond acceptors (Lipinski definition) is 13. The van der Waals surface area contributed by atoms with Crippen LogP contribution in [0.4, 0.5) is 34.6 Å². The van der Waals surface area contributed by atoms with Crippen LogP contribution in [0, 0.1) is 27.7 Å². The van der Waals surface area contributed by atoms with Crippen LogP contribution in [0.25, 0.3) is 11.9 Å². The summed E-state index contributed by atoms with van der Waals surface area (Å²) in [5.41, 5.74) is 16.3. The van der Waals surface area contributed by atoms with Crippen molar-refractivity contribution in [2.45, 2.75) is 27.7 Å². The molecule has 17 heteroatoms. The maximum Gasteiger partial charge on any atom is 0.257 e. The zero-order chi connectivity index (χ0) is 27.1. The number of nitrogen functional groups attached to an aromatic ring is 2. The highest BCUT2D eigenvalue weighted by molar-refractivity contribution is 5.64. The molecule has 17 nitrogen and oxygen atoms in total. The Hall–Kier alpha value is -5.35. The molecule has 5 heterocycles. The van der Waals surface area contributed by atoms with Crippen molar-refractivity contribution in [2.75, 3.05) is 11.5 Å². The van der Waals surface area contributed by atoms with E-state index in [-0.39, 0.29) is 23.5 Å². The van der Waals surface area contributed by atoms with Crippen LogP contribution in [-0.4, -0.2) is 54.1 Å². The molecule has 0 aromatic carbocycles. The van der Waals surface area contributed by atoms with E-state index in [1.165, 1.54) is 15.7 Å². The molecular formula is C21H25N17. The van der Waals surface area contributed by atoms with Gasteiger partial charge in [-0.1, -0.05) is 0 Å². The van der Waals surface area contributed by atoms with Gasteiger partial charge in [0.15, 0.2) is 34.6 Å². The van der Waals surface area contributed by atoms with Gasteiger partial charge in [-0.05, 0) is 27.7 Å². The first-order valence-corrected chi connectivity index (χ1v) is 11.4. The van der Waals surface area contributed by atoms with Gasteiger partial charge in [-0.25, -0.2) is 9.36 Å². The topological polar surface area (TPSA) is 211 Å². The van der Waals surface area contributed by atoms with Crippen molar-refractivity contribution in [1.82, 2.24) is 54.1 Å². The summed E-state index contributed by atoms with van der Waals surface area (Å²) in [4.78, 5) is 12.9. The van der Waals surface area contributed by atoms with Gasteiger partial charge < -0.3 is 11.5 Å². The van der Waals surface area contributed by atoms with E-state index in [0.717, 1.165) is 11.1 Å². The maximum absolute atomic E-state index is 6.35.